The number of hydrogen-bond donors (Lipinski definition) is 2. The molecule has 5 nitrogen and oxygen atoms in total. The molecule has 2 N–H and O–H groups in total. The number of carboxylic acids is 1. The molecule has 0 saturated carbocycles. The summed E-state index contributed by atoms with van der Waals surface area (Å²) in [6.07, 6.45) is -0.596. The molecule has 0 aliphatic heterocycles. The molecule has 4 rings (SSSR count). The largest absolute Gasteiger partial charge is 0.478 e. The Morgan fingerprint density at radius 2 is 1.32 bits per heavy atom. The van der Waals surface area contributed by atoms with Crippen LogP contribution in [0.15, 0.2) is 72.8 Å². The minimum atomic E-state index is -1.03. The van der Waals surface area contributed by atoms with Crippen LogP contribution in [0, 0.1) is 0 Å². The van der Waals surface area contributed by atoms with Crippen molar-refractivity contribution in [3.8, 4) is 11.1 Å². The highest BCUT2D eigenvalue weighted by Gasteiger charge is 2.22. The van der Waals surface area contributed by atoms with E-state index in [0.29, 0.717) is 16.8 Å². The SMILES string of the molecule is CC(C)(C)OC(=O)Nc1ccc2ccccc2c1-c1c(C(=O)O)ccc2ccccc12. The van der Waals surface area contributed by atoms with Gasteiger partial charge in [0, 0.05) is 11.1 Å². The maximum absolute atomic E-state index is 12.6. The number of aromatic carboxylic acids is 1. The number of hydrogen-bond acceptors (Lipinski definition) is 3. The number of amides is 1. The van der Waals surface area contributed by atoms with E-state index in [0.717, 1.165) is 21.5 Å². The third-order valence-electron chi connectivity index (χ3n) is 4.97. The average Bonchev–Trinajstić information content (AvgIpc) is 2.71. The van der Waals surface area contributed by atoms with Crippen molar-refractivity contribution in [3.63, 3.8) is 0 Å². The van der Waals surface area contributed by atoms with Crippen LogP contribution >= 0.6 is 0 Å². The molecule has 0 atom stereocenters. The molecule has 0 aromatic heterocycles. The average molecular weight is 413 g/mol. The van der Waals surface area contributed by atoms with E-state index in [-0.39, 0.29) is 5.56 Å². The summed E-state index contributed by atoms with van der Waals surface area (Å²) in [5.41, 5.74) is 1.22. The summed E-state index contributed by atoms with van der Waals surface area (Å²) in [6, 6.07) is 22.4. The lowest BCUT2D eigenvalue weighted by Crippen LogP contribution is -2.27. The summed E-state index contributed by atoms with van der Waals surface area (Å²) >= 11 is 0. The van der Waals surface area contributed by atoms with Gasteiger partial charge in [-0.2, -0.15) is 0 Å². The summed E-state index contributed by atoms with van der Waals surface area (Å²) in [7, 11) is 0. The van der Waals surface area contributed by atoms with Crippen LogP contribution < -0.4 is 5.32 Å². The Balaban J connectivity index is 2.04. The first kappa shape index (κ1) is 20.4. The van der Waals surface area contributed by atoms with Crippen molar-refractivity contribution in [1.82, 2.24) is 0 Å². The molecule has 1 amide bonds. The molecule has 4 aromatic rings. The van der Waals surface area contributed by atoms with Gasteiger partial charge < -0.3 is 9.84 Å². The molecule has 4 aromatic carbocycles. The Morgan fingerprint density at radius 3 is 1.90 bits per heavy atom. The van der Waals surface area contributed by atoms with Crippen LogP contribution in [0.1, 0.15) is 31.1 Å². The van der Waals surface area contributed by atoms with Crippen LogP contribution in [0.5, 0.6) is 0 Å². The monoisotopic (exact) mass is 413 g/mol. The lowest BCUT2D eigenvalue weighted by atomic mass is 9.89. The molecule has 0 bridgehead atoms. The number of anilines is 1. The van der Waals surface area contributed by atoms with E-state index >= 15 is 0 Å². The number of carbonyl (C=O) groups is 2. The normalized spacial score (nSPS) is 11.5. The first-order valence-electron chi connectivity index (χ1n) is 10.0. The fourth-order valence-electron chi connectivity index (χ4n) is 3.78. The third kappa shape index (κ3) is 4.08. The Bertz CT molecular complexity index is 1320. The maximum atomic E-state index is 12.6. The highest BCUT2D eigenvalue weighted by molar-refractivity contribution is 6.16. The van der Waals surface area contributed by atoms with Gasteiger partial charge in [0.05, 0.1) is 11.3 Å². The van der Waals surface area contributed by atoms with Gasteiger partial charge >= 0.3 is 12.1 Å². The van der Waals surface area contributed by atoms with Crippen molar-refractivity contribution in [2.45, 2.75) is 26.4 Å². The Kier molecular flexibility index (Phi) is 5.11. The zero-order valence-corrected chi connectivity index (χ0v) is 17.6. The van der Waals surface area contributed by atoms with Gasteiger partial charge in [0.25, 0.3) is 0 Å². The number of rotatable bonds is 3. The van der Waals surface area contributed by atoms with Gasteiger partial charge in [-0.1, -0.05) is 60.7 Å². The molecule has 0 aliphatic carbocycles. The van der Waals surface area contributed by atoms with Crippen LogP contribution in [-0.2, 0) is 4.74 Å². The van der Waals surface area contributed by atoms with Gasteiger partial charge in [-0.05, 0) is 54.4 Å². The van der Waals surface area contributed by atoms with Gasteiger partial charge in [-0.15, -0.1) is 0 Å². The highest BCUT2D eigenvalue weighted by Crippen LogP contribution is 2.41. The second-order valence-corrected chi connectivity index (χ2v) is 8.35. The van der Waals surface area contributed by atoms with Gasteiger partial charge in [0.1, 0.15) is 5.60 Å². The summed E-state index contributed by atoms with van der Waals surface area (Å²) in [4.78, 5) is 24.8. The molecule has 0 fully saturated rings. The van der Waals surface area contributed by atoms with E-state index in [4.69, 9.17) is 4.74 Å². The van der Waals surface area contributed by atoms with Crippen LogP contribution in [0.4, 0.5) is 10.5 Å². The predicted octanol–water partition coefficient (Wildman–Crippen LogP) is 6.71. The maximum Gasteiger partial charge on any atom is 0.412 e. The number of nitrogens with one attached hydrogen (secondary N) is 1. The lowest BCUT2D eigenvalue weighted by molar-refractivity contribution is 0.0634. The van der Waals surface area contributed by atoms with E-state index < -0.39 is 17.7 Å². The molecule has 31 heavy (non-hydrogen) atoms. The topological polar surface area (TPSA) is 75.6 Å². The molecule has 0 spiro atoms. The molecule has 0 unspecified atom stereocenters. The number of carboxylic acid groups (broad SMARTS) is 1. The number of benzene rings is 4. The Labute approximate surface area is 180 Å². The first-order chi connectivity index (χ1) is 14.7. The van der Waals surface area contributed by atoms with Gasteiger partial charge in [-0.25, -0.2) is 9.59 Å². The summed E-state index contributed by atoms with van der Waals surface area (Å²) in [6.45, 7) is 5.38. The summed E-state index contributed by atoms with van der Waals surface area (Å²) < 4.78 is 5.44. The zero-order chi connectivity index (χ0) is 22.2. The van der Waals surface area contributed by atoms with Crippen molar-refractivity contribution in [2.75, 3.05) is 5.32 Å². The predicted molar refractivity (Wildman–Crippen MR) is 124 cm³/mol. The van der Waals surface area contributed by atoms with Crippen LogP contribution in [0.2, 0.25) is 0 Å². The first-order valence-corrected chi connectivity index (χ1v) is 10.0. The molecule has 5 heteroatoms. The molecular formula is C26H23NO4. The van der Waals surface area contributed by atoms with Crippen molar-refractivity contribution in [3.05, 3.63) is 78.4 Å². The van der Waals surface area contributed by atoms with Crippen LogP contribution in [0.3, 0.4) is 0 Å². The molecule has 0 heterocycles. The number of fused-ring (bicyclic) bond motifs is 2. The second kappa shape index (κ2) is 7.76. The minimum absolute atomic E-state index is 0.169. The van der Waals surface area contributed by atoms with Crippen molar-refractivity contribution in [2.24, 2.45) is 0 Å². The number of ether oxygens (including phenoxy) is 1. The van der Waals surface area contributed by atoms with Crippen LogP contribution in [-0.4, -0.2) is 22.8 Å². The van der Waals surface area contributed by atoms with Gasteiger partial charge in [-0.3, -0.25) is 5.32 Å². The lowest BCUT2D eigenvalue weighted by Gasteiger charge is -2.22. The smallest absolute Gasteiger partial charge is 0.412 e. The van der Waals surface area contributed by atoms with Crippen LogP contribution in [0.25, 0.3) is 32.7 Å². The molecule has 0 saturated heterocycles. The highest BCUT2D eigenvalue weighted by atomic mass is 16.6. The van der Waals surface area contributed by atoms with E-state index in [1.165, 1.54) is 0 Å². The zero-order valence-electron chi connectivity index (χ0n) is 17.6. The standard InChI is InChI=1S/C26H23NO4/c1-26(2,3)31-25(30)27-21-15-13-17-9-5-7-11-19(17)23(21)22-18-10-6-4-8-16(18)12-14-20(22)24(28)29/h4-15H,1-3H3,(H,27,30)(H,28,29). The van der Waals surface area contributed by atoms with Crippen molar-refractivity contribution >= 4 is 39.3 Å². The van der Waals surface area contributed by atoms with Gasteiger partial charge in [0.2, 0.25) is 0 Å². The molecule has 0 aliphatic rings. The Hall–Kier alpha value is -3.86. The molecule has 156 valence electrons. The third-order valence-corrected chi connectivity index (χ3v) is 4.97. The van der Waals surface area contributed by atoms with E-state index in [1.807, 2.05) is 54.6 Å². The van der Waals surface area contributed by atoms with Crippen molar-refractivity contribution in [1.29, 1.82) is 0 Å². The quantitative estimate of drug-likeness (QED) is 0.392. The van der Waals surface area contributed by atoms with E-state index in [9.17, 15) is 14.7 Å². The Morgan fingerprint density at radius 1 is 0.774 bits per heavy atom. The van der Waals surface area contributed by atoms with E-state index in [2.05, 4.69) is 5.32 Å². The van der Waals surface area contributed by atoms with Gasteiger partial charge in [0.15, 0.2) is 0 Å². The van der Waals surface area contributed by atoms with Crippen molar-refractivity contribution < 1.29 is 19.4 Å². The van der Waals surface area contributed by atoms with E-state index in [1.54, 1.807) is 39.0 Å². The fourth-order valence-corrected chi connectivity index (χ4v) is 3.78. The minimum Gasteiger partial charge on any atom is -0.478 e. The second-order valence-electron chi connectivity index (χ2n) is 8.35. The fraction of sp³-hybridized carbons (Fsp3) is 0.154. The summed E-state index contributed by atoms with van der Waals surface area (Å²) in [5, 5.41) is 16.3. The molecule has 0 radical (unpaired) electrons. The summed E-state index contributed by atoms with van der Waals surface area (Å²) in [5.74, 6) is -1.03. The number of carbonyl (C=O) groups excluding carboxylic acids is 1. The molecular weight excluding hydrogens is 390 g/mol.